The molecule has 0 aromatic carbocycles. The van der Waals surface area contributed by atoms with E-state index >= 15 is 0 Å². The zero-order valence-electron chi connectivity index (χ0n) is 13.4. The molecule has 0 aliphatic carbocycles. The lowest BCUT2D eigenvalue weighted by molar-refractivity contribution is -0.131. The van der Waals surface area contributed by atoms with E-state index in [1.165, 1.54) is 6.20 Å². The van der Waals surface area contributed by atoms with Gasteiger partial charge in [-0.15, -0.1) is 0 Å². The van der Waals surface area contributed by atoms with Crippen molar-refractivity contribution in [3.63, 3.8) is 0 Å². The van der Waals surface area contributed by atoms with E-state index in [9.17, 15) is 14.4 Å². The number of rotatable bonds is 3. The van der Waals surface area contributed by atoms with E-state index in [-0.39, 0.29) is 34.5 Å². The van der Waals surface area contributed by atoms with Crippen LogP contribution in [0.4, 0.5) is 0 Å². The number of aromatic amines is 1. The van der Waals surface area contributed by atoms with Crippen molar-refractivity contribution in [1.82, 2.24) is 19.8 Å². The molecule has 7 heteroatoms. The fourth-order valence-electron chi connectivity index (χ4n) is 2.68. The van der Waals surface area contributed by atoms with Gasteiger partial charge in [-0.05, 0) is 20.8 Å². The molecule has 2 heterocycles. The van der Waals surface area contributed by atoms with E-state index in [1.807, 2.05) is 25.7 Å². The Labute approximate surface area is 129 Å². The Morgan fingerprint density at radius 1 is 1.45 bits per heavy atom. The Balaban J connectivity index is 1.99. The van der Waals surface area contributed by atoms with Gasteiger partial charge in [0.1, 0.15) is 5.69 Å². The van der Waals surface area contributed by atoms with Crippen molar-refractivity contribution in [1.29, 1.82) is 0 Å². The summed E-state index contributed by atoms with van der Waals surface area (Å²) in [6.45, 7) is 7.15. The smallest absolute Gasteiger partial charge is 0.273 e. The standard InChI is InChI=1S/C15H22N4O3/c1-15(2,3)19-9-10(5-13(19)21)8-18(4)14(22)11-6-17-12(20)7-16-11/h6-7,10H,5,8-9H2,1-4H3,(H,17,20). The lowest BCUT2D eigenvalue weighted by atomic mass is 10.1. The number of likely N-dealkylation sites (tertiary alicyclic amines) is 1. The fraction of sp³-hybridized carbons (Fsp3) is 0.600. The van der Waals surface area contributed by atoms with E-state index < -0.39 is 0 Å². The summed E-state index contributed by atoms with van der Waals surface area (Å²) in [4.78, 5) is 44.9. The summed E-state index contributed by atoms with van der Waals surface area (Å²) < 4.78 is 0. The normalized spacial score (nSPS) is 18.6. The molecule has 1 aromatic heterocycles. The predicted molar refractivity (Wildman–Crippen MR) is 81.4 cm³/mol. The van der Waals surface area contributed by atoms with Crippen LogP contribution < -0.4 is 5.56 Å². The third kappa shape index (κ3) is 3.52. The second-order valence-electron chi connectivity index (χ2n) is 6.73. The van der Waals surface area contributed by atoms with Crippen molar-refractivity contribution in [2.45, 2.75) is 32.7 Å². The zero-order chi connectivity index (χ0) is 16.5. The minimum atomic E-state index is -0.346. The number of carbonyl (C=O) groups excluding carboxylic acids is 2. The topological polar surface area (TPSA) is 86.4 Å². The molecule has 0 radical (unpaired) electrons. The highest BCUT2D eigenvalue weighted by molar-refractivity contribution is 5.91. The van der Waals surface area contributed by atoms with E-state index in [0.717, 1.165) is 6.20 Å². The van der Waals surface area contributed by atoms with Crippen molar-refractivity contribution >= 4 is 11.8 Å². The van der Waals surface area contributed by atoms with Gasteiger partial charge in [-0.1, -0.05) is 0 Å². The average molecular weight is 306 g/mol. The van der Waals surface area contributed by atoms with Gasteiger partial charge in [-0.25, -0.2) is 4.98 Å². The molecule has 2 rings (SSSR count). The molecule has 1 aliphatic rings. The largest absolute Gasteiger partial charge is 0.340 e. The highest BCUT2D eigenvalue weighted by Crippen LogP contribution is 2.26. The predicted octanol–water partition coefficient (Wildman–Crippen LogP) is 0.489. The van der Waals surface area contributed by atoms with Gasteiger partial charge in [-0.3, -0.25) is 14.4 Å². The van der Waals surface area contributed by atoms with Crippen LogP contribution in [0.5, 0.6) is 0 Å². The van der Waals surface area contributed by atoms with Gasteiger partial charge >= 0.3 is 0 Å². The van der Waals surface area contributed by atoms with Gasteiger partial charge in [0, 0.05) is 44.2 Å². The van der Waals surface area contributed by atoms with Crippen LogP contribution in [-0.4, -0.2) is 57.3 Å². The number of aromatic nitrogens is 2. The third-order valence-electron chi connectivity index (χ3n) is 3.78. The molecule has 1 aromatic rings. The highest BCUT2D eigenvalue weighted by atomic mass is 16.2. The van der Waals surface area contributed by atoms with Crippen molar-refractivity contribution in [2.75, 3.05) is 20.1 Å². The second-order valence-corrected chi connectivity index (χ2v) is 6.73. The van der Waals surface area contributed by atoms with Gasteiger partial charge in [-0.2, -0.15) is 0 Å². The van der Waals surface area contributed by atoms with Crippen LogP contribution in [0.2, 0.25) is 0 Å². The first-order valence-corrected chi connectivity index (χ1v) is 7.29. The third-order valence-corrected chi connectivity index (χ3v) is 3.78. The van der Waals surface area contributed by atoms with Gasteiger partial charge < -0.3 is 14.8 Å². The molecular weight excluding hydrogens is 284 g/mol. The van der Waals surface area contributed by atoms with Gasteiger partial charge in [0.2, 0.25) is 5.91 Å². The Hall–Kier alpha value is -2.18. The molecular formula is C15H22N4O3. The maximum absolute atomic E-state index is 12.2. The lowest BCUT2D eigenvalue weighted by Crippen LogP contribution is -2.43. The first-order valence-electron chi connectivity index (χ1n) is 7.29. The van der Waals surface area contributed by atoms with E-state index in [4.69, 9.17) is 0 Å². The summed E-state index contributed by atoms with van der Waals surface area (Å²) in [6.07, 6.45) is 2.85. The number of hydrogen-bond acceptors (Lipinski definition) is 4. The van der Waals surface area contributed by atoms with Crippen molar-refractivity contribution in [2.24, 2.45) is 5.92 Å². The van der Waals surface area contributed by atoms with Crippen LogP contribution >= 0.6 is 0 Å². The van der Waals surface area contributed by atoms with E-state index in [2.05, 4.69) is 9.97 Å². The Bertz CT molecular complexity index is 612. The van der Waals surface area contributed by atoms with Gasteiger partial charge in [0.25, 0.3) is 11.5 Å². The molecule has 0 bridgehead atoms. The van der Waals surface area contributed by atoms with Crippen LogP contribution in [0, 0.1) is 5.92 Å². The fourth-order valence-corrected chi connectivity index (χ4v) is 2.68. The maximum Gasteiger partial charge on any atom is 0.273 e. The molecule has 2 amide bonds. The summed E-state index contributed by atoms with van der Waals surface area (Å²) >= 11 is 0. The van der Waals surface area contributed by atoms with E-state index in [0.29, 0.717) is 19.5 Å². The number of amides is 2. The molecule has 120 valence electrons. The van der Waals surface area contributed by atoms with Crippen molar-refractivity contribution < 1.29 is 9.59 Å². The molecule has 1 atom stereocenters. The number of nitrogens with one attached hydrogen (secondary N) is 1. The van der Waals surface area contributed by atoms with Crippen LogP contribution in [0.1, 0.15) is 37.7 Å². The van der Waals surface area contributed by atoms with Crippen molar-refractivity contribution in [3.05, 3.63) is 28.4 Å². The van der Waals surface area contributed by atoms with Crippen molar-refractivity contribution in [3.8, 4) is 0 Å². The SMILES string of the molecule is CN(CC1CC(=O)N(C(C)(C)C)C1)C(=O)c1c[nH]c(=O)cn1. The molecule has 1 fully saturated rings. The minimum Gasteiger partial charge on any atom is -0.340 e. The molecule has 22 heavy (non-hydrogen) atoms. The summed E-state index contributed by atoms with van der Waals surface area (Å²) in [7, 11) is 1.68. The highest BCUT2D eigenvalue weighted by Gasteiger charge is 2.36. The summed E-state index contributed by atoms with van der Waals surface area (Å²) in [5.74, 6) is -0.0261. The zero-order valence-corrected chi connectivity index (χ0v) is 13.4. The number of H-pyrrole nitrogens is 1. The Morgan fingerprint density at radius 2 is 2.14 bits per heavy atom. The first-order chi connectivity index (χ1) is 10.2. The summed E-state index contributed by atoms with van der Waals surface area (Å²) in [6, 6.07) is 0. The average Bonchev–Trinajstić information content (AvgIpc) is 2.79. The first kappa shape index (κ1) is 16.2. The molecule has 1 aliphatic heterocycles. The maximum atomic E-state index is 12.2. The Morgan fingerprint density at radius 3 is 2.64 bits per heavy atom. The van der Waals surface area contributed by atoms with Gasteiger partial charge in [0.05, 0.1) is 6.20 Å². The van der Waals surface area contributed by atoms with E-state index in [1.54, 1.807) is 11.9 Å². The summed E-state index contributed by atoms with van der Waals surface area (Å²) in [5, 5.41) is 0. The molecule has 1 unspecified atom stereocenters. The molecule has 0 spiro atoms. The molecule has 0 saturated carbocycles. The van der Waals surface area contributed by atoms with Crippen LogP contribution in [0.15, 0.2) is 17.2 Å². The monoisotopic (exact) mass is 306 g/mol. The molecule has 1 N–H and O–H groups in total. The Kier molecular flexibility index (Phi) is 4.35. The minimum absolute atomic E-state index is 0.114. The van der Waals surface area contributed by atoms with Crippen LogP contribution in [0.3, 0.4) is 0 Å². The second kappa shape index (κ2) is 5.90. The van der Waals surface area contributed by atoms with Gasteiger partial charge in [0.15, 0.2) is 0 Å². The molecule has 1 saturated heterocycles. The number of nitrogens with zero attached hydrogens (tertiary/aromatic N) is 3. The molecule has 7 nitrogen and oxygen atoms in total. The summed E-state index contributed by atoms with van der Waals surface area (Å²) in [5.41, 5.74) is -0.352. The quantitative estimate of drug-likeness (QED) is 0.880. The number of hydrogen-bond donors (Lipinski definition) is 1. The van der Waals surface area contributed by atoms with Crippen LogP contribution in [0.25, 0.3) is 0 Å². The number of carbonyl (C=O) groups is 2. The van der Waals surface area contributed by atoms with Crippen LogP contribution in [-0.2, 0) is 4.79 Å². The lowest BCUT2D eigenvalue weighted by Gasteiger charge is -2.32.